The van der Waals surface area contributed by atoms with Gasteiger partial charge in [0.25, 0.3) is 15.8 Å². The number of aliphatic hydroxyl groups is 1. The summed E-state index contributed by atoms with van der Waals surface area (Å²) in [5, 5.41) is 12.3. The van der Waals surface area contributed by atoms with E-state index in [-0.39, 0.29) is 31.0 Å². The Balaban J connectivity index is 2.06. The van der Waals surface area contributed by atoms with Crippen LogP contribution >= 0.6 is 0 Å². The van der Waals surface area contributed by atoms with Crippen LogP contribution in [0.5, 0.6) is 5.75 Å². The Hall–Kier alpha value is -1.95. The van der Waals surface area contributed by atoms with E-state index in [1.165, 1.54) is 0 Å². The number of alkyl halides is 5. The molecule has 1 saturated heterocycles. The lowest BCUT2D eigenvalue weighted by molar-refractivity contribution is -0.123. The van der Waals surface area contributed by atoms with Crippen molar-refractivity contribution in [1.82, 2.24) is 5.32 Å². The van der Waals surface area contributed by atoms with Crippen molar-refractivity contribution >= 4 is 15.7 Å². The average Bonchev–Trinajstić information content (AvgIpc) is 2.79. The number of hydrogen-bond donors (Lipinski definition) is 2. The SMILES string of the molecule is O=C1CC[C@@H](Oc2ccc(S(=O)(=O)C(F)(F)F)c3c2CC(F)(F)[C@H]3O)CN1. The molecule has 2 atom stereocenters. The average molecular weight is 415 g/mol. The molecule has 1 amide bonds. The highest BCUT2D eigenvalue weighted by Gasteiger charge is 2.55. The van der Waals surface area contributed by atoms with Crippen molar-refractivity contribution in [2.24, 2.45) is 0 Å². The van der Waals surface area contributed by atoms with E-state index in [4.69, 9.17) is 4.74 Å². The first kappa shape index (κ1) is 19.8. The number of hydrogen-bond acceptors (Lipinski definition) is 5. The Morgan fingerprint density at radius 1 is 1.26 bits per heavy atom. The fourth-order valence-corrected chi connectivity index (χ4v) is 4.13. The molecule has 0 unspecified atom stereocenters. The van der Waals surface area contributed by atoms with Gasteiger partial charge in [0.15, 0.2) is 0 Å². The van der Waals surface area contributed by atoms with Gasteiger partial charge in [0.2, 0.25) is 5.91 Å². The molecule has 3 rings (SSSR count). The first-order valence-electron chi connectivity index (χ1n) is 7.81. The van der Waals surface area contributed by atoms with Crippen molar-refractivity contribution in [1.29, 1.82) is 0 Å². The Morgan fingerprint density at radius 3 is 2.48 bits per heavy atom. The summed E-state index contributed by atoms with van der Waals surface area (Å²) in [7, 11) is -5.95. The number of piperidine rings is 1. The summed E-state index contributed by atoms with van der Waals surface area (Å²) < 4.78 is 95.6. The number of fused-ring (bicyclic) bond motifs is 1. The third-order valence-electron chi connectivity index (χ3n) is 4.47. The highest BCUT2D eigenvalue weighted by atomic mass is 32.2. The predicted molar refractivity (Wildman–Crippen MR) is 80.0 cm³/mol. The molecule has 12 heteroatoms. The predicted octanol–water partition coefficient (Wildman–Crippen LogP) is 1.86. The van der Waals surface area contributed by atoms with Crippen LogP contribution in [0.15, 0.2) is 17.0 Å². The van der Waals surface area contributed by atoms with Crippen molar-refractivity contribution in [2.75, 3.05) is 6.54 Å². The molecule has 1 aromatic rings. The quantitative estimate of drug-likeness (QED) is 0.736. The minimum Gasteiger partial charge on any atom is -0.488 e. The second-order valence-corrected chi connectivity index (χ2v) is 8.24. The number of ether oxygens (including phenoxy) is 1. The molecule has 1 fully saturated rings. The van der Waals surface area contributed by atoms with Gasteiger partial charge in [0.05, 0.1) is 11.4 Å². The number of nitrogens with one attached hydrogen (secondary N) is 1. The normalized spacial score (nSPS) is 25.0. The maximum Gasteiger partial charge on any atom is 0.501 e. The standard InChI is InChI=1S/C15H14F5NO5S/c16-14(17)5-8-9(26-7-1-4-11(22)21-6-7)2-3-10(12(8)13(14)23)27(24,25)15(18,19)20/h2-3,7,13,23H,1,4-6H2,(H,21,22)/t7-,13+/m1/s1. The van der Waals surface area contributed by atoms with Crippen LogP contribution in [0, 0.1) is 0 Å². The minimum atomic E-state index is -5.95. The molecule has 1 aliphatic carbocycles. The maximum atomic E-state index is 14.0. The fraction of sp³-hybridized carbons (Fsp3) is 0.533. The second kappa shape index (κ2) is 6.30. The van der Waals surface area contributed by atoms with E-state index < -0.39 is 55.9 Å². The van der Waals surface area contributed by atoms with Gasteiger partial charge in [-0.15, -0.1) is 0 Å². The van der Waals surface area contributed by atoms with Crippen LogP contribution in [0.4, 0.5) is 22.0 Å². The lowest BCUT2D eigenvalue weighted by Gasteiger charge is -2.25. The van der Waals surface area contributed by atoms with Crippen molar-refractivity contribution in [3.05, 3.63) is 23.3 Å². The summed E-state index contributed by atoms with van der Waals surface area (Å²) in [4.78, 5) is 9.74. The van der Waals surface area contributed by atoms with Gasteiger partial charge in [-0.2, -0.15) is 13.2 Å². The van der Waals surface area contributed by atoms with Gasteiger partial charge < -0.3 is 15.2 Å². The molecule has 2 N–H and O–H groups in total. The minimum absolute atomic E-state index is 0.0646. The summed E-state index contributed by atoms with van der Waals surface area (Å²) in [6, 6.07) is 1.37. The van der Waals surface area contributed by atoms with Crippen molar-refractivity contribution in [2.45, 2.75) is 47.8 Å². The molecular weight excluding hydrogens is 401 g/mol. The summed E-state index contributed by atoms with van der Waals surface area (Å²) >= 11 is 0. The summed E-state index contributed by atoms with van der Waals surface area (Å²) in [5.41, 5.74) is -7.21. The van der Waals surface area contributed by atoms with Crippen LogP contribution in [0.25, 0.3) is 0 Å². The van der Waals surface area contributed by atoms with E-state index in [0.717, 1.165) is 6.07 Å². The van der Waals surface area contributed by atoms with Crippen LogP contribution < -0.4 is 10.1 Å². The number of rotatable bonds is 3. The third kappa shape index (κ3) is 3.35. The number of benzene rings is 1. The summed E-state index contributed by atoms with van der Waals surface area (Å²) in [5.74, 6) is -4.32. The van der Waals surface area contributed by atoms with E-state index in [1.807, 2.05) is 0 Å². The van der Waals surface area contributed by atoms with E-state index in [1.54, 1.807) is 0 Å². The van der Waals surface area contributed by atoms with Crippen LogP contribution in [0.3, 0.4) is 0 Å². The molecule has 0 bridgehead atoms. The zero-order valence-corrected chi connectivity index (χ0v) is 14.3. The van der Waals surface area contributed by atoms with Gasteiger partial charge in [-0.3, -0.25) is 4.79 Å². The van der Waals surface area contributed by atoms with Crippen LogP contribution in [-0.4, -0.2) is 43.5 Å². The number of aliphatic hydroxyl groups excluding tert-OH is 1. The highest BCUT2D eigenvalue weighted by molar-refractivity contribution is 7.92. The van der Waals surface area contributed by atoms with Gasteiger partial charge in [0, 0.05) is 24.0 Å². The molecule has 0 saturated carbocycles. The number of amides is 1. The largest absolute Gasteiger partial charge is 0.501 e. The number of carbonyl (C=O) groups excluding carboxylic acids is 1. The molecule has 0 spiro atoms. The monoisotopic (exact) mass is 415 g/mol. The zero-order valence-electron chi connectivity index (χ0n) is 13.5. The lowest BCUT2D eigenvalue weighted by atomic mass is 10.1. The van der Waals surface area contributed by atoms with Crippen molar-refractivity contribution in [3.63, 3.8) is 0 Å². The number of carbonyl (C=O) groups is 1. The van der Waals surface area contributed by atoms with Crippen molar-refractivity contribution in [3.8, 4) is 5.75 Å². The smallest absolute Gasteiger partial charge is 0.488 e. The molecule has 150 valence electrons. The molecular formula is C15H14F5NO5S. The molecule has 2 aliphatic rings. The molecule has 27 heavy (non-hydrogen) atoms. The lowest BCUT2D eigenvalue weighted by Crippen LogP contribution is -2.41. The topological polar surface area (TPSA) is 92.7 Å². The van der Waals surface area contributed by atoms with Gasteiger partial charge >= 0.3 is 5.51 Å². The Kier molecular flexibility index (Phi) is 4.62. The third-order valence-corrected chi connectivity index (χ3v) is 6.01. The van der Waals surface area contributed by atoms with Crippen LogP contribution in [0.1, 0.15) is 30.1 Å². The Labute approximate surface area is 150 Å². The Bertz CT molecular complexity index is 873. The van der Waals surface area contributed by atoms with E-state index in [0.29, 0.717) is 6.07 Å². The molecule has 1 aromatic carbocycles. The molecule has 0 radical (unpaired) electrons. The molecule has 0 aromatic heterocycles. The summed E-state index contributed by atoms with van der Waals surface area (Å²) in [6.07, 6.45) is -4.13. The molecule has 1 aliphatic heterocycles. The Morgan fingerprint density at radius 2 is 1.93 bits per heavy atom. The summed E-state index contributed by atoms with van der Waals surface area (Å²) in [6.45, 7) is 0.0646. The zero-order chi connectivity index (χ0) is 20.2. The highest BCUT2D eigenvalue weighted by Crippen LogP contribution is 2.50. The molecule has 1 heterocycles. The van der Waals surface area contributed by atoms with E-state index in [2.05, 4.69) is 5.32 Å². The number of sulfone groups is 1. The first-order chi connectivity index (χ1) is 12.3. The fourth-order valence-electron chi connectivity index (χ4n) is 3.11. The molecule has 6 nitrogen and oxygen atoms in total. The van der Waals surface area contributed by atoms with Gasteiger partial charge in [0.1, 0.15) is 18.0 Å². The van der Waals surface area contributed by atoms with Gasteiger partial charge in [-0.05, 0) is 18.6 Å². The first-order valence-corrected chi connectivity index (χ1v) is 9.29. The van der Waals surface area contributed by atoms with Crippen LogP contribution in [0.2, 0.25) is 0 Å². The van der Waals surface area contributed by atoms with Crippen LogP contribution in [-0.2, 0) is 21.1 Å². The van der Waals surface area contributed by atoms with Crippen molar-refractivity contribution < 1.29 is 45.0 Å². The van der Waals surface area contributed by atoms with Gasteiger partial charge in [-0.1, -0.05) is 0 Å². The van der Waals surface area contributed by atoms with E-state index >= 15 is 0 Å². The van der Waals surface area contributed by atoms with E-state index in [9.17, 15) is 40.3 Å². The maximum absolute atomic E-state index is 14.0. The number of halogens is 5. The second-order valence-electron chi connectivity index (χ2n) is 6.33. The van der Waals surface area contributed by atoms with Gasteiger partial charge in [-0.25, -0.2) is 17.2 Å².